The van der Waals surface area contributed by atoms with Crippen molar-refractivity contribution in [1.82, 2.24) is 9.55 Å². The van der Waals surface area contributed by atoms with Crippen molar-refractivity contribution in [3.8, 4) is 0 Å². The lowest BCUT2D eigenvalue weighted by Crippen LogP contribution is -2.21. The Kier molecular flexibility index (Phi) is 5.32. The van der Waals surface area contributed by atoms with E-state index in [0.717, 1.165) is 5.57 Å². The van der Waals surface area contributed by atoms with Crippen LogP contribution in [0.4, 0.5) is 5.69 Å². The Morgan fingerprint density at radius 1 is 1.20 bits per heavy atom. The monoisotopic (exact) mass is 443 g/mol. The van der Waals surface area contributed by atoms with Crippen LogP contribution < -0.4 is 10.9 Å². The average Bonchev–Trinajstić information content (AvgIpc) is 3.07. The van der Waals surface area contributed by atoms with Crippen molar-refractivity contribution < 1.29 is 14.7 Å². The molecule has 1 aromatic heterocycles. The van der Waals surface area contributed by atoms with Gasteiger partial charge >= 0.3 is 5.97 Å². The minimum absolute atomic E-state index is 0.188. The first-order chi connectivity index (χ1) is 14.3. The van der Waals surface area contributed by atoms with Crippen LogP contribution in [0.1, 0.15) is 24.2 Å². The molecule has 30 heavy (non-hydrogen) atoms. The molecule has 4 rings (SSSR count). The second-order valence-corrected chi connectivity index (χ2v) is 7.61. The molecule has 2 aromatic carbocycles. The molecule has 0 unspecified atom stereocenters. The summed E-state index contributed by atoms with van der Waals surface area (Å²) in [7, 11) is 0. The van der Waals surface area contributed by atoms with E-state index in [0.29, 0.717) is 51.0 Å². The van der Waals surface area contributed by atoms with Crippen molar-refractivity contribution in [1.29, 1.82) is 0 Å². The smallest absolute Gasteiger partial charge is 0.312 e. The molecular weight excluding hydrogens is 429 g/mol. The Morgan fingerprint density at radius 3 is 2.63 bits per heavy atom. The van der Waals surface area contributed by atoms with E-state index in [9.17, 15) is 14.4 Å². The quantitative estimate of drug-likeness (QED) is 0.591. The number of allylic oxidation sites excluding steroid dienone is 1. The zero-order valence-electron chi connectivity index (χ0n) is 15.5. The standard InChI is InChI=1S/C21H15Cl2N3O4/c22-15-2-1-3-16(23)14(15)8-11-6-7-26-20(11)25-17-9-12(4-5-13(17)21(26)30)24-18(27)10-19(28)29/h1-5,8-9H,6-7,10H2,(H,24,27)(H,28,29)/b11-8+. The van der Waals surface area contributed by atoms with Crippen molar-refractivity contribution in [2.45, 2.75) is 19.4 Å². The number of fused-ring (bicyclic) bond motifs is 2. The fourth-order valence-corrected chi connectivity index (χ4v) is 3.90. The SMILES string of the molecule is O=C(O)CC(=O)Nc1ccc2c(=O)n3c(nc2c1)/C(=C/c1c(Cl)cccc1Cl)CC3. The topological polar surface area (TPSA) is 101 Å². The molecule has 9 heteroatoms. The Morgan fingerprint density at radius 2 is 1.93 bits per heavy atom. The van der Waals surface area contributed by atoms with Gasteiger partial charge in [-0.05, 0) is 48.4 Å². The molecule has 0 bridgehead atoms. The van der Waals surface area contributed by atoms with Gasteiger partial charge in [0.15, 0.2) is 0 Å². The molecule has 7 nitrogen and oxygen atoms in total. The summed E-state index contributed by atoms with van der Waals surface area (Å²) in [5.41, 5.74) is 2.06. The molecule has 0 fully saturated rings. The maximum absolute atomic E-state index is 12.9. The number of hydrogen-bond donors (Lipinski definition) is 2. The van der Waals surface area contributed by atoms with Gasteiger partial charge in [-0.15, -0.1) is 0 Å². The Hall–Kier alpha value is -3.16. The first-order valence-corrected chi connectivity index (χ1v) is 9.80. The van der Waals surface area contributed by atoms with Gasteiger partial charge in [-0.3, -0.25) is 19.0 Å². The fourth-order valence-electron chi connectivity index (χ4n) is 3.40. The molecule has 1 amide bonds. The van der Waals surface area contributed by atoms with Gasteiger partial charge in [0.2, 0.25) is 5.91 Å². The lowest BCUT2D eigenvalue weighted by atomic mass is 10.1. The van der Waals surface area contributed by atoms with Crippen LogP contribution in [0.2, 0.25) is 10.0 Å². The summed E-state index contributed by atoms with van der Waals surface area (Å²) in [6.07, 6.45) is 1.78. The van der Waals surface area contributed by atoms with Crippen molar-refractivity contribution in [3.05, 3.63) is 68.2 Å². The second kappa shape index (κ2) is 7.93. The number of rotatable bonds is 4. The molecular formula is C21H15Cl2N3O4. The van der Waals surface area contributed by atoms with Crippen LogP contribution in [-0.4, -0.2) is 26.5 Å². The number of benzene rings is 2. The van der Waals surface area contributed by atoms with Gasteiger partial charge in [0, 0.05) is 27.8 Å². The summed E-state index contributed by atoms with van der Waals surface area (Å²) in [6.45, 7) is 0.488. The Bertz CT molecular complexity index is 1280. The van der Waals surface area contributed by atoms with E-state index in [2.05, 4.69) is 10.3 Å². The molecule has 152 valence electrons. The van der Waals surface area contributed by atoms with Gasteiger partial charge in [-0.1, -0.05) is 29.3 Å². The number of anilines is 1. The highest BCUT2D eigenvalue weighted by Crippen LogP contribution is 2.33. The van der Waals surface area contributed by atoms with Gasteiger partial charge in [0.25, 0.3) is 5.56 Å². The number of carbonyl (C=O) groups excluding carboxylic acids is 1. The predicted octanol–water partition coefficient (Wildman–Crippen LogP) is 4.06. The molecule has 0 atom stereocenters. The summed E-state index contributed by atoms with van der Waals surface area (Å²) in [6, 6.07) is 9.90. The molecule has 1 aliphatic heterocycles. The zero-order chi connectivity index (χ0) is 21.4. The normalized spacial score (nSPS) is 14.1. The molecule has 1 aliphatic rings. The van der Waals surface area contributed by atoms with E-state index in [-0.39, 0.29) is 5.56 Å². The summed E-state index contributed by atoms with van der Waals surface area (Å²) in [5, 5.41) is 12.6. The van der Waals surface area contributed by atoms with Crippen LogP contribution in [0.25, 0.3) is 22.6 Å². The van der Waals surface area contributed by atoms with E-state index in [1.54, 1.807) is 41.0 Å². The minimum atomic E-state index is -1.23. The van der Waals surface area contributed by atoms with Crippen LogP contribution in [-0.2, 0) is 16.1 Å². The van der Waals surface area contributed by atoms with Crippen LogP contribution in [0.5, 0.6) is 0 Å². The number of carbonyl (C=O) groups is 2. The van der Waals surface area contributed by atoms with Crippen molar-refractivity contribution in [3.63, 3.8) is 0 Å². The minimum Gasteiger partial charge on any atom is -0.481 e. The van der Waals surface area contributed by atoms with E-state index in [4.69, 9.17) is 28.3 Å². The lowest BCUT2D eigenvalue weighted by molar-refractivity contribution is -0.139. The first-order valence-electron chi connectivity index (χ1n) is 9.04. The van der Waals surface area contributed by atoms with Crippen molar-refractivity contribution >= 4 is 63.3 Å². The molecule has 0 spiro atoms. The molecule has 2 N–H and O–H groups in total. The summed E-state index contributed by atoms with van der Waals surface area (Å²) < 4.78 is 1.60. The highest BCUT2D eigenvalue weighted by atomic mass is 35.5. The predicted molar refractivity (Wildman–Crippen MR) is 116 cm³/mol. The van der Waals surface area contributed by atoms with Crippen molar-refractivity contribution in [2.24, 2.45) is 0 Å². The maximum atomic E-state index is 12.9. The zero-order valence-corrected chi connectivity index (χ0v) is 17.0. The maximum Gasteiger partial charge on any atom is 0.312 e. The molecule has 0 saturated carbocycles. The molecule has 2 heterocycles. The van der Waals surface area contributed by atoms with Crippen LogP contribution in [0, 0.1) is 0 Å². The third-order valence-corrected chi connectivity index (χ3v) is 5.42. The molecule has 0 aliphatic carbocycles. The van der Waals surface area contributed by atoms with Crippen LogP contribution >= 0.6 is 23.2 Å². The number of carboxylic acid groups (broad SMARTS) is 1. The van der Waals surface area contributed by atoms with E-state index < -0.39 is 18.3 Å². The van der Waals surface area contributed by atoms with Gasteiger partial charge in [-0.2, -0.15) is 0 Å². The number of amides is 1. The number of aliphatic carboxylic acids is 1. The highest BCUT2D eigenvalue weighted by Gasteiger charge is 2.22. The average molecular weight is 444 g/mol. The Labute approximate surface area is 180 Å². The lowest BCUT2D eigenvalue weighted by Gasteiger charge is -2.09. The van der Waals surface area contributed by atoms with Gasteiger partial charge in [0.1, 0.15) is 12.2 Å². The molecule has 0 radical (unpaired) electrons. The van der Waals surface area contributed by atoms with Gasteiger partial charge < -0.3 is 10.4 Å². The van der Waals surface area contributed by atoms with Gasteiger partial charge in [-0.25, -0.2) is 4.98 Å². The largest absolute Gasteiger partial charge is 0.481 e. The third-order valence-electron chi connectivity index (χ3n) is 4.76. The number of aromatic nitrogens is 2. The van der Waals surface area contributed by atoms with Gasteiger partial charge in [0.05, 0.1) is 10.9 Å². The van der Waals surface area contributed by atoms with Crippen molar-refractivity contribution in [2.75, 3.05) is 5.32 Å². The number of nitrogens with zero attached hydrogens (tertiary/aromatic N) is 2. The molecule has 0 saturated heterocycles. The third kappa shape index (κ3) is 3.81. The van der Waals surface area contributed by atoms with E-state index in [1.807, 2.05) is 6.08 Å². The summed E-state index contributed by atoms with van der Waals surface area (Å²) >= 11 is 12.5. The first kappa shape index (κ1) is 20.1. The Balaban J connectivity index is 1.78. The van der Waals surface area contributed by atoms with Crippen LogP contribution in [0.3, 0.4) is 0 Å². The summed E-state index contributed by atoms with van der Waals surface area (Å²) in [4.78, 5) is 39.9. The number of halogens is 2. The van der Waals surface area contributed by atoms with Crippen LogP contribution in [0.15, 0.2) is 41.2 Å². The number of nitrogens with one attached hydrogen (secondary N) is 1. The van der Waals surface area contributed by atoms with E-state index in [1.165, 1.54) is 0 Å². The fraction of sp³-hybridized carbons (Fsp3) is 0.143. The number of hydrogen-bond acceptors (Lipinski definition) is 4. The highest BCUT2D eigenvalue weighted by molar-refractivity contribution is 6.37. The number of carboxylic acids is 1. The summed E-state index contributed by atoms with van der Waals surface area (Å²) in [5.74, 6) is -1.37. The second-order valence-electron chi connectivity index (χ2n) is 6.80. The van der Waals surface area contributed by atoms with E-state index >= 15 is 0 Å². The molecule has 3 aromatic rings.